The zero-order chi connectivity index (χ0) is 16.1. The first kappa shape index (κ1) is 19.3. The topological polar surface area (TPSA) is 37.4 Å². The molecule has 1 aromatic heterocycles. The number of ether oxygens (including phenoxy) is 1. The molecule has 1 aliphatic rings. The number of piperazine rings is 1. The van der Waals surface area contributed by atoms with Crippen LogP contribution in [0, 0.1) is 0 Å². The quantitative estimate of drug-likeness (QED) is 0.844. The minimum Gasteiger partial charge on any atom is -0.489 e. The fraction of sp³-hybridized carbons (Fsp3) is 0.353. The molecule has 3 rings (SSSR count). The number of para-hydroxylation sites is 1. The maximum absolute atomic E-state index is 6.13. The minimum atomic E-state index is 0. The molecule has 7 heteroatoms. The molecule has 0 amide bonds. The van der Waals surface area contributed by atoms with Gasteiger partial charge in [0.1, 0.15) is 6.61 Å². The van der Waals surface area contributed by atoms with E-state index in [2.05, 4.69) is 21.3 Å². The van der Waals surface area contributed by atoms with Gasteiger partial charge in [-0.1, -0.05) is 35.3 Å². The van der Waals surface area contributed by atoms with E-state index in [1.54, 1.807) is 18.3 Å². The van der Waals surface area contributed by atoms with Crippen molar-refractivity contribution in [3.8, 4) is 5.75 Å². The molecule has 1 N–H and O–H groups in total. The summed E-state index contributed by atoms with van der Waals surface area (Å²) in [6, 6.07) is 9.78. The van der Waals surface area contributed by atoms with Crippen LogP contribution in [0.1, 0.15) is 11.6 Å². The van der Waals surface area contributed by atoms with Crippen molar-refractivity contribution in [1.29, 1.82) is 0 Å². The second-order valence-electron chi connectivity index (χ2n) is 5.44. The molecule has 0 spiro atoms. The molecule has 0 aliphatic carbocycles. The number of nitrogens with zero attached hydrogens (tertiary/aromatic N) is 2. The lowest BCUT2D eigenvalue weighted by Gasteiger charge is -2.36. The van der Waals surface area contributed by atoms with E-state index in [9.17, 15) is 0 Å². The Morgan fingerprint density at radius 3 is 2.71 bits per heavy atom. The van der Waals surface area contributed by atoms with E-state index >= 15 is 0 Å². The van der Waals surface area contributed by atoms with Crippen LogP contribution < -0.4 is 10.1 Å². The summed E-state index contributed by atoms with van der Waals surface area (Å²) in [5, 5.41) is 4.52. The molecule has 4 nitrogen and oxygen atoms in total. The summed E-state index contributed by atoms with van der Waals surface area (Å²) in [6.45, 7) is 4.21. The highest BCUT2D eigenvalue weighted by atomic mass is 35.5. The van der Waals surface area contributed by atoms with Crippen LogP contribution in [0.15, 0.2) is 42.7 Å². The lowest BCUT2D eigenvalue weighted by atomic mass is 10.1. The van der Waals surface area contributed by atoms with Crippen LogP contribution in [-0.2, 0) is 0 Å². The number of rotatable bonds is 5. The number of aromatic nitrogens is 1. The second kappa shape index (κ2) is 9.44. The predicted molar refractivity (Wildman–Crippen MR) is 101 cm³/mol. The molecule has 0 saturated carbocycles. The number of pyridine rings is 1. The SMILES string of the molecule is Cl.Clc1cccc(Cl)c1OCCN1CCNCC1c1cccnc1. The zero-order valence-electron chi connectivity index (χ0n) is 13.1. The largest absolute Gasteiger partial charge is 0.489 e. The van der Waals surface area contributed by atoms with Gasteiger partial charge in [0, 0.05) is 44.6 Å². The minimum absolute atomic E-state index is 0. The van der Waals surface area contributed by atoms with Crippen molar-refractivity contribution in [2.24, 2.45) is 0 Å². The molecule has 0 radical (unpaired) electrons. The third-order valence-corrected chi connectivity index (χ3v) is 4.56. The van der Waals surface area contributed by atoms with Gasteiger partial charge in [0.25, 0.3) is 0 Å². The van der Waals surface area contributed by atoms with Crippen LogP contribution in [0.3, 0.4) is 0 Å². The van der Waals surface area contributed by atoms with Gasteiger partial charge in [0.2, 0.25) is 0 Å². The monoisotopic (exact) mass is 387 g/mol. The maximum atomic E-state index is 6.13. The fourth-order valence-corrected chi connectivity index (χ4v) is 3.31. The summed E-state index contributed by atoms with van der Waals surface area (Å²) in [6.07, 6.45) is 3.73. The van der Waals surface area contributed by atoms with E-state index in [-0.39, 0.29) is 12.4 Å². The highest BCUT2D eigenvalue weighted by molar-refractivity contribution is 6.37. The van der Waals surface area contributed by atoms with Crippen molar-refractivity contribution in [2.45, 2.75) is 6.04 Å². The van der Waals surface area contributed by atoms with Crippen molar-refractivity contribution in [3.05, 3.63) is 58.3 Å². The second-order valence-corrected chi connectivity index (χ2v) is 6.26. The Bertz CT molecular complexity index is 622. The average Bonchev–Trinajstić information content (AvgIpc) is 2.59. The highest BCUT2D eigenvalue weighted by Gasteiger charge is 2.23. The van der Waals surface area contributed by atoms with E-state index in [4.69, 9.17) is 27.9 Å². The normalized spacial score (nSPS) is 18.0. The summed E-state index contributed by atoms with van der Waals surface area (Å²) in [5.41, 5.74) is 1.22. The molecule has 1 unspecified atom stereocenters. The standard InChI is InChI=1S/C17H19Cl2N3O.ClH/c18-14-4-1-5-15(19)17(14)23-10-9-22-8-7-21-12-16(22)13-3-2-6-20-11-13;/h1-6,11,16,21H,7-10,12H2;1H. The molecule has 2 aromatic rings. The van der Waals surface area contributed by atoms with E-state index in [1.165, 1.54) is 5.56 Å². The molecule has 0 bridgehead atoms. The van der Waals surface area contributed by atoms with Gasteiger partial charge in [0.05, 0.1) is 10.0 Å². The molecule has 24 heavy (non-hydrogen) atoms. The molecular formula is C17H20Cl3N3O. The van der Waals surface area contributed by atoms with Gasteiger partial charge in [-0.15, -0.1) is 12.4 Å². The molecule has 1 saturated heterocycles. The van der Waals surface area contributed by atoms with Crippen LogP contribution in [0.2, 0.25) is 10.0 Å². The number of halogens is 3. The van der Waals surface area contributed by atoms with Crippen LogP contribution in [-0.4, -0.2) is 42.7 Å². The van der Waals surface area contributed by atoms with Crippen molar-refractivity contribution < 1.29 is 4.74 Å². The summed E-state index contributed by atoms with van der Waals surface area (Å²) >= 11 is 12.3. The molecule has 1 aromatic carbocycles. The summed E-state index contributed by atoms with van der Waals surface area (Å²) in [4.78, 5) is 6.63. The smallest absolute Gasteiger partial charge is 0.156 e. The Labute approximate surface area is 158 Å². The number of nitrogens with one attached hydrogen (secondary N) is 1. The van der Waals surface area contributed by atoms with E-state index in [0.29, 0.717) is 28.4 Å². The lowest BCUT2D eigenvalue weighted by Crippen LogP contribution is -2.47. The molecule has 1 atom stereocenters. The predicted octanol–water partition coefficient (Wildman–Crippen LogP) is 3.84. The van der Waals surface area contributed by atoms with Crippen molar-refractivity contribution in [1.82, 2.24) is 15.2 Å². The first-order valence-electron chi connectivity index (χ1n) is 7.67. The van der Waals surface area contributed by atoms with Gasteiger partial charge in [-0.05, 0) is 23.8 Å². The van der Waals surface area contributed by atoms with Gasteiger partial charge >= 0.3 is 0 Å². The van der Waals surface area contributed by atoms with Crippen LogP contribution in [0.4, 0.5) is 0 Å². The van der Waals surface area contributed by atoms with Gasteiger partial charge in [-0.2, -0.15) is 0 Å². The Morgan fingerprint density at radius 2 is 2.00 bits per heavy atom. The first-order valence-corrected chi connectivity index (χ1v) is 8.43. The maximum Gasteiger partial charge on any atom is 0.156 e. The molecule has 130 valence electrons. The van der Waals surface area contributed by atoms with Gasteiger partial charge in [0.15, 0.2) is 5.75 Å². The average molecular weight is 389 g/mol. The van der Waals surface area contributed by atoms with Crippen LogP contribution in [0.5, 0.6) is 5.75 Å². The van der Waals surface area contributed by atoms with Crippen molar-refractivity contribution in [2.75, 3.05) is 32.8 Å². The van der Waals surface area contributed by atoms with Crippen molar-refractivity contribution >= 4 is 35.6 Å². The van der Waals surface area contributed by atoms with Crippen LogP contribution >= 0.6 is 35.6 Å². The summed E-state index contributed by atoms with van der Waals surface area (Å²) in [5.74, 6) is 0.559. The molecule has 1 aliphatic heterocycles. The van der Waals surface area contributed by atoms with E-state index < -0.39 is 0 Å². The highest BCUT2D eigenvalue weighted by Crippen LogP contribution is 2.32. The Balaban J connectivity index is 0.00000208. The van der Waals surface area contributed by atoms with Gasteiger partial charge < -0.3 is 10.1 Å². The summed E-state index contributed by atoms with van der Waals surface area (Å²) < 4.78 is 5.81. The number of hydrogen-bond donors (Lipinski definition) is 1. The zero-order valence-corrected chi connectivity index (χ0v) is 15.4. The number of benzene rings is 1. The summed E-state index contributed by atoms with van der Waals surface area (Å²) in [7, 11) is 0. The third kappa shape index (κ3) is 4.74. The molecular weight excluding hydrogens is 369 g/mol. The Hall–Kier alpha value is -1.04. The molecule has 2 heterocycles. The van der Waals surface area contributed by atoms with E-state index in [0.717, 1.165) is 26.2 Å². The number of hydrogen-bond acceptors (Lipinski definition) is 4. The fourth-order valence-electron chi connectivity index (χ4n) is 2.80. The Kier molecular flexibility index (Phi) is 7.59. The van der Waals surface area contributed by atoms with E-state index in [1.807, 2.05) is 18.3 Å². The van der Waals surface area contributed by atoms with Gasteiger partial charge in [-0.25, -0.2) is 0 Å². The van der Waals surface area contributed by atoms with Crippen LogP contribution in [0.25, 0.3) is 0 Å². The van der Waals surface area contributed by atoms with Crippen molar-refractivity contribution in [3.63, 3.8) is 0 Å². The first-order chi connectivity index (χ1) is 11.3. The van der Waals surface area contributed by atoms with Gasteiger partial charge in [-0.3, -0.25) is 9.88 Å². The Morgan fingerprint density at radius 1 is 1.21 bits per heavy atom. The lowest BCUT2D eigenvalue weighted by molar-refractivity contribution is 0.134. The third-order valence-electron chi connectivity index (χ3n) is 3.97. The molecule has 1 fully saturated rings.